The number of nitrogens with zero attached hydrogens (tertiary/aromatic N) is 5. The number of fused-ring (bicyclic) bond motifs is 1. The lowest BCUT2D eigenvalue weighted by Gasteiger charge is -2.37. The van der Waals surface area contributed by atoms with Crippen LogP contribution in [0, 0.1) is 6.92 Å². The van der Waals surface area contributed by atoms with Crippen molar-refractivity contribution in [3.05, 3.63) is 69.0 Å². The Bertz CT molecular complexity index is 1480. The number of methoxy groups -OCH3 is 1. The van der Waals surface area contributed by atoms with Crippen LogP contribution in [0.4, 0.5) is 11.5 Å². The molecule has 4 heterocycles. The van der Waals surface area contributed by atoms with Gasteiger partial charge in [0.2, 0.25) is 0 Å². The molecule has 0 bridgehead atoms. The summed E-state index contributed by atoms with van der Waals surface area (Å²) in [5.41, 5.74) is 2.88. The van der Waals surface area contributed by atoms with E-state index in [-0.39, 0.29) is 17.5 Å². The van der Waals surface area contributed by atoms with Crippen LogP contribution in [0.3, 0.4) is 0 Å². The molecule has 0 radical (unpaired) electrons. The first-order chi connectivity index (χ1) is 18.3. The molecule has 2 saturated heterocycles. The zero-order chi connectivity index (χ0) is 27.0. The Labute approximate surface area is 231 Å². The predicted molar refractivity (Wildman–Crippen MR) is 158 cm³/mol. The van der Waals surface area contributed by atoms with Crippen LogP contribution in [0.5, 0.6) is 5.75 Å². The number of hydrogen-bond donors (Lipinski definition) is 0. The largest absolute Gasteiger partial charge is 0.497 e. The molecule has 38 heavy (non-hydrogen) atoms. The van der Waals surface area contributed by atoms with Crippen LogP contribution in [-0.2, 0) is 4.79 Å². The molecular weight excluding hydrogens is 518 g/mol. The molecule has 0 N–H and O–H groups in total. The fourth-order valence-electron chi connectivity index (χ4n) is 4.81. The number of hydrogen-bond acceptors (Lipinski definition) is 8. The second-order valence-corrected chi connectivity index (χ2v) is 11.2. The Morgan fingerprint density at radius 3 is 2.45 bits per heavy atom. The molecule has 2 aromatic heterocycles. The number of thiocarbonyl (C=S) groups is 1. The lowest BCUT2D eigenvalue weighted by Crippen LogP contribution is -2.47. The number of pyridine rings is 1. The summed E-state index contributed by atoms with van der Waals surface area (Å²) in [6.07, 6.45) is 4.21. The minimum Gasteiger partial charge on any atom is -0.497 e. The number of benzene rings is 1. The van der Waals surface area contributed by atoms with Gasteiger partial charge in [-0.3, -0.25) is 18.9 Å². The summed E-state index contributed by atoms with van der Waals surface area (Å²) >= 11 is 6.77. The Balaban J connectivity index is 1.52. The van der Waals surface area contributed by atoms with Crippen molar-refractivity contribution in [1.29, 1.82) is 0 Å². The van der Waals surface area contributed by atoms with Crippen LogP contribution >= 0.6 is 24.0 Å². The van der Waals surface area contributed by atoms with E-state index < -0.39 is 0 Å². The van der Waals surface area contributed by atoms with E-state index in [0.717, 1.165) is 36.5 Å². The number of thioether (sulfide) groups is 1. The van der Waals surface area contributed by atoms with Gasteiger partial charge in [0.05, 0.1) is 17.6 Å². The number of rotatable bonds is 6. The first-order valence-corrected chi connectivity index (χ1v) is 14.0. The van der Waals surface area contributed by atoms with Gasteiger partial charge in [0.25, 0.3) is 11.5 Å². The fourth-order valence-corrected chi connectivity index (χ4v) is 6.25. The number of piperazine rings is 1. The van der Waals surface area contributed by atoms with Gasteiger partial charge in [-0.25, -0.2) is 4.98 Å². The molecule has 5 rings (SSSR count). The first kappa shape index (κ1) is 26.2. The number of carbonyl (C=O) groups excluding carboxylic acids is 1. The molecule has 198 valence electrons. The molecule has 0 aliphatic carbocycles. The minimum atomic E-state index is -0.194. The second-order valence-electron chi connectivity index (χ2n) is 9.52. The van der Waals surface area contributed by atoms with Crippen molar-refractivity contribution in [2.75, 3.05) is 43.1 Å². The van der Waals surface area contributed by atoms with Crippen molar-refractivity contribution in [3.8, 4) is 5.75 Å². The molecule has 2 aliphatic heterocycles. The summed E-state index contributed by atoms with van der Waals surface area (Å²) in [5.74, 6) is 1.28. The van der Waals surface area contributed by atoms with Gasteiger partial charge in [0.15, 0.2) is 0 Å². The average Bonchev–Trinajstić information content (AvgIpc) is 3.22. The monoisotopic (exact) mass is 549 g/mol. The van der Waals surface area contributed by atoms with Crippen molar-refractivity contribution >= 4 is 57.4 Å². The highest BCUT2D eigenvalue weighted by Gasteiger charge is 2.35. The van der Waals surface area contributed by atoms with Crippen molar-refractivity contribution in [3.63, 3.8) is 0 Å². The molecule has 0 saturated carbocycles. The maximum absolute atomic E-state index is 13.8. The third kappa shape index (κ3) is 4.78. The third-order valence-corrected chi connectivity index (χ3v) is 8.54. The molecule has 0 spiro atoms. The lowest BCUT2D eigenvalue weighted by molar-refractivity contribution is -0.123. The minimum absolute atomic E-state index is 0.00243. The van der Waals surface area contributed by atoms with Crippen LogP contribution in [0.1, 0.15) is 31.4 Å². The molecule has 2 aliphatic rings. The smallest absolute Gasteiger partial charge is 0.267 e. The summed E-state index contributed by atoms with van der Waals surface area (Å²) in [5, 5.41) is 0. The lowest BCUT2D eigenvalue weighted by atomic mass is 10.1. The molecule has 10 heteroatoms. The number of anilines is 2. The predicted octanol–water partition coefficient (Wildman–Crippen LogP) is 4.34. The van der Waals surface area contributed by atoms with Gasteiger partial charge in [0.1, 0.15) is 21.5 Å². The number of aromatic nitrogens is 2. The SMILES string of the molecule is CCC(C)N1C(=O)C(=Cc2c(N3CCN(c4ccc(OC)cc4)CC3)nc3c(C)cccn3c2=O)SC1=S. The Kier molecular flexibility index (Phi) is 7.45. The van der Waals surface area contributed by atoms with Crippen LogP contribution in [0.2, 0.25) is 0 Å². The van der Waals surface area contributed by atoms with E-state index in [2.05, 4.69) is 21.9 Å². The van der Waals surface area contributed by atoms with Gasteiger partial charge < -0.3 is 14.5 Å². The number of aryl methyl sites for hydroxylation is 1. The standard InChI is InChI=1S/C28H31N5O3S2/c1-5-19(3)33-27(35)23(38-28(33)37)17-22-25(29-24-18(2)7-6-12-32(24)26(22)34)31-15-13-30(14-16-31)20-8-10-21(36-4)11-9-20/h6-12,17,19H,5,13-16H2,1-4H3. The van der Waals surface area contributed by atoms with Crippen molar-refractivity contribution in [2.45, 2.75) is 33.2 Å². The highest BCUT2D eigenvalue weighted by atomic mass is 32.2. The van der Waals surface area contributed by atoms with Crippen molar-refractivity contribution < 1.29 is 9.53 Å². The van der Waals surface area contributed by atoms with Crippen LogP contribution < -0.4 is 20.1 Å². The van der Waals surface area contributed by atoms with E-state index in [9.17, 15) is 9.59 Å². The zero-order valence-corrected chi connectivity index (χ0v) is 23.6. The van der Waals surface area contributed by atoms with E-state index >= 15 is 0 Å². The number of ether oxygens (including phenoxy) is 1. The number of carbonyl (C=O) groups is 1. The molecule has 1 atom stereocenters. The molecule has 1 aromatic carbocycles. The normalized spacial score (nSPS) is 18.1. The summed E-state index contributed by atoms with van der Waals surface area (Å²) in [4.78, 5) is 38.6. The molecule has 3 aromatic rings. The van der Waals surface area contributed by atoms with Crippen LogP contribution in [-0.4, -0.2) is 63.8 Å². The summed E-state index contributed by atoms with van der Waals surface area (Å²) in [6, 6.07) is 11.8. The third-order valence-electron chi connectivity index (χ3n) is 7.21. The molecule has 1 amide bonds. The Hall–Kier alpha value is -3.37. The van der Waals surface area contributed by atoms with Crippen molar-refractivity contribution in [1.82, 2.24) is 14.3 Å². The first-order valence-electron chi connectivity index (χ1n) is 12.7. The fraction of sp³-hybridized carbons (Fsp3) is 0.357. The summed E-state index contributed by atoms with van der Waals surface area (Å²) < 4.78 is 7.37. The topological polar surface area (TPSA) is 70.4 Å². The van der Waals surface area contributed by atoms with Gasteiger partial charge in [-0.2, -0.15) is 0 Å². The van der Waals surface area contributed by atoms with Crippen LogP contribution in [0.25, 0.3) is 11.7 Å². The summed E-state index contributed by atoms with van der Waals surface area (Å²) in [6.45, 7) is 8.89. The maximum Gasteiger partial charge on any atom is 0.267 e. The molecule has 2 fully saturated rings. The van der Waals surface area contributed by atoms with Gasteiger partial charge in [-0.1, -0.05) is 37.0 Å². The second kappa shape index (κ2) is 10.8. The maximum atomic E-state index is 13.8. The van der Waals surface area contributed by atoms with Crippen molar-refractivity contribution in [2.24, 2.45) is 0 Å². The van der Waals surface area contributed by atoms with Gasteiger partial charge in [-0.05, 0) is 62.2 Å². The van der Waals surface area contributed by atoms with E-state index in [1.165, 1.54) is 11.8 Å². The number of amides is 1. The van der Waals surface area contributed by atoms with E-state index in [4.69, 9.17) is 21.9 Å². The molecule has 1 unspecified atom stereocenters. The highest BCUT2D eigenvalue weighted by Crippen LogP contribution is 2.35. The van der Waals surface area contributed by atoms with E-state index in [1.807, 2.05) is 45.0 Å². The quantitative estimate of drug-likeness (QED) is 0.332. The summed E-state index contributed by atoms with van der Waals surface area (Å²) in [7, 11) is 1.66. The van der Waals surface area contributed by atoms with Gasteiger partial charge >= 0.3 is 0 Å². The molecular formula is C28H31N5O3S2. The average molecular weight is 550 g/mol. The van der Waals surface area contributed by atoms with E-state index in [1.54, 1.807) is 28.7 Å². The van der Waals surface area contributed by atoms with E-state index in [0.29, 0.717) is 39.3 Å². The Morgan fingerprint density at radius 2 is 1.79 bits per heavy atom. The van der Waals surface area contributed by atoms with Gasteiger partial charge in [-0.15, -0.1) is 0 Å². The highest BCUT2D eigenvalue weighted by molar-refractivity contribution is 8.26. The Morgan fingerprint density at radius 1 is 1.11 bits per heavy atom. The van der Waals surface area contributed by atoms with Crippen LogP contribution in [0.15, 0.2) is 52.3 Å². The zero-order valence-electron chi connectivity index (χ0n) is 22.0. The van der Waals surface area contributed by atoms with Gasteiger partial charge in [0, 0.05) is 44.1 Å². The molecule has 8 nitrogen and oxygen atoms in total.